The molecule has 2 aromatic rings. The van der Waals surface area contributed by atoms with E-state index in [0.29, 0.717) is 18.5 Å². The fourth-order valence-electron chi connectivity index (χ4n) is 2.93. The summed E-state index contributed by atoms with van der Waals surface area (Å²) in [7, 11) is 1.93. The van der Waals surface area contributed by atoms with Gasteiger partial charge in [0.1, 0.15) is 5.65 Å². The van der Waals surface area contributed by atoms with Crippen LogP contribution in [0.2, 0.25) is 0 Å². The average molecular weight is 291 g/mol. The number of rotatable bonds is 2. The second kappa shape index (κ2) is 5.13. The number of nitrogens with two attached hydrogens (primary N) is 1. The average Bonchev–Trinajstić information content (AvgIpc) is 2.74. The Kier molecular flexibility index (Phi) is 3.43. The first kappa shape index (κ1) is 14.0. The topological polar surface area (TPSA) is 43.8 Å². The highest BCUT2D eigenvalue weighted by Crippen LogP contribution is 2.37. The highest BCUT2D eigenvalue weighted by Gasteiger charge is 2.33. The van der Waals surface area contributed by atoms with Gasteiger partial charge in [-0.15, -0.1) is 0 Å². The van der Waals surface area contributed by atoms with E-state index in [1.54, 1.807) is 6.20 Å². The van der Waals surface area contributed by atoms with Gasteiger partial charge >= 0.3 is 0 Å². The molecule has 2 heterocycles. The van der Waals surface area contributed by atoms with E-state index in [0.717, 1.165) is 16.6 Å². The highest BCUT2D eigenvalue weighted by molar-refractivity contribution is 5.88. The number of hydrogen-bond donors (Lipinski definition) is 1. The molecule has 1 aliphatic rings. The maximum absolute atomic E-state index is 13.1. The summed E-state index contributed by atoms with van der Waals surface area (Å²) in [6.45, 7) is 0. The van der Waals surface area contributed by atoms with Gasteiger partial charge in [-0.25, -0.2) is 13.8 Å². The van der Waals surface area contributed by atoms with E-state index in [9.17, 15) is 8.78 Å². The molecule has 1 fully saturated rings. The van der Waals surface area contributed by atoms with Gasteiger partial charge in [0, 0.05) is 37.0 Å². The van der Waals surface area contributed by atoms with Crippen LogP contribution in [0.1, 0.15) is 31.2 Å². The summed E-state index contributed by atoms with van der Waals surface area (Å²) in [5.41, 5.74) is 8.32. The Morgan fingerprint density at radius 1 is 1.38 bits per heavy atom. The van der Waals surface area contributed by atoms with Gasteiger partial charge in [-0.05, 0) is 24.8 Å². The minimum absolute atomic E-state index is 0.00789. The zero-order valence-electron chi connectivity index (χ0n) is 12.0. The van der Waals surface area contributed by atoms with Crippen LogP contribution >= 0.6 is 0 Å². The van der Waals surface area contributed by atoms with Crippen molar-refractivity contribution in [3.8, 4) is 0 Å². The van der Waals surface area contributed by atoms with Crippen molar-refractivity contribution >= 4 is 22.8 Å². The molecule has 3 rings (SSSR count). The van der Waals surface area contributed by atoms with Crippen LogP contribution in [0.15, 0.2) is 24.5 Å². The molecular weight excluding hydrogens is 272 g/mol. The molecule has 0 spiro atoms. The monoisotopic (exact) mass is 291 g/mol. The maximum Gasteiger partial charge on any atom is 0.248 e. The molecule has 5 heteroatoms. The third kappa shape index (κ3) is 2.91. The number of allylic oxidation sites excluding steroid dienone is 1. The molecule has 0 bridgehead atoms. The Balaban J connectivity index is 1.82. The molecular formula is C16H19F2N3. The van der Waals surface area contributed by atoms with Crippen LogP contribution < -0.4 is 5.73 Å². The lowest BCUT2D eigenvalue weighted by molar-refractivity contribution is -0.0410. The van der Waals surface area contributed by atoms with Gasteiger partial charge in [0.15, 0.2) is 0 Å². The molecule has 3 nitrogen and oxygen atoms in total. The quantitative estimate of drug-likeness (QED) is 0.909. The molecule has 0 aromatic carbocycles. The molecule has 0 radical (unpaired) electrons. The van der Waals surface area contributed by atoms with Crippen LogP contribution in [-0.2, 0) is 7.05 Å². The van der Waals surface area contributed by atoms with Crippen molar-refractivity contribution in [1.29, 1.82) is 0 Å². The molecule has 1 saturated carbocycles. The van der Waals surface area contributed by atoms with Crippen molar-refractivity contribution < 1.29 is 8.78 Å². The Morgan fingerprint density at radius 2 is 2.10 bits per heavy atom. The molecule has 2 N–H and O–H groups in total. The Morgan fingerprint density at radius 3 is 2.81 bits per heavy atom. The summed E-state index contributed by atoms with van der Waals surface area (Å²) in [4.78, 5) is 4.32. The molecule has 0 atom stereocenters. The number of nitrogens with zero attached hydrogens (tertiary/aromatic N) is 2. The van der Waals surface area contributed by atoms with E-state index in [4.69, 9.17) is 5.73 Å². The summed E-state index contributed by atoms with van der Waals surface area (Å²) in [5.74, 6) is -2.24. The second-order valence-corrected chi connectivity index (χ2v) is 5.89. The fourth-order valence-corrected chi connectivity index (χ4v) is 2.93. The summed E-state index contributed by atoms with van der Waals surface area (Å²) < 4.78 is 28.2. The number of aryl methyl sites for hydroxylation is 1. The van der Waals surface area contributed by atoms with E-state index >= 15 is 0 Å². The van der Waals surface area contributed by atoms with Crippen molar-refractivity contribution in [3.63, 3.8) is 0 Å². The van der Waals surface area contributed by atoms with Crippen molar-refractivity contribution in [2.24, 2.45) is 13.0 Å². The normalized spacial score (nSPS) is 19.6. The Hall–Kier alpha value is -1.91. The van der Waals surface area contributed by atoms with Gasteiger partial charge in [0.25, 0.3) is 0 Å². The number of hydrogen-bond acceptors (Lipinski definition) is 2. The molecule has 21 heavy (non-hydrogen) atoms. The number of pyridine rings is 1. The highest BCUT2D eigenvalue weighted by atomic mass is 19.3. The first-order valence-electron chi connectivity index (χ1n) is 7.21. The summed E-state index contributed by atoms with van der Waals surface area (Å²) >= 11 is 0. The van der Waals surface area contributed by atoms with Crippen molar-refractivity contribution in [1.82, 2.24) is 9.55 Å². The molecule has 0 aliphatic heterocycles. The zero-order valence-corrected chi connectivity index (χ0v) is 12.0. The maximum atomic E-state index is 13.1. The molecule has 1 aliphatic carbocycles. The standard InChI is InChI=1S/C16H19F2N3/c1-21-10-12(14-8-13(19)9-20-15(14)21)3-2-11-4-6-16(17,18)7-5-11/h2-3,8-11H,4-7,19H2,1H3. The van der Waals surface area contributed by atoms with E-state index in [-0.39, 0.29) is 18.8 Å². The van der Waals surface area contributed by atoms with Crippen LogP contribution in [0.5, 0.6) is 0 Å². The number of fused-ring (bicyclic) bond motifs is 1. The minimum atomic E-state index is -2.47. The number of aromatic nitrogens is 2. The first-order chi connectivity index (χ1) is 9.94. The summed E-state index contributed by atoms with van der Waals surface area (Å²) in [5, 5.41) is 0.995. The van der Waals surface area contributed by atoms with Crippen LogP contribution in [0.25, 0.3) is 17.1 Å². The van der Waals surface area contributed by atoms with E-state index < -0.39 is 5.92 Å². The molecule has 2 aromatic heterocycles. The van der Waals surface area contributed by atoms with E-state index in [2.05, 4.69) is 4.98 Å². The molecule has 0 saturated heterocycles. The number of anilines is 1. The van der Waals surface area contributed by atoms with Gasteiger partial charge in [-0.2, -0.15) is 0 Å². The first-order valence-corrected chi connectivity index (χ1v) is 7.21. The van der Waals surface area contributed by atoms with Crippen molar-refractivity contribution in [2.45, 2.75) is 31.6 Å². The van der Waals surface area contributed by atoms with E-state index in [1.807, 2.05) is 36.0 Å². The van der Waals surface area contributed by atoms with Gasteiger partial charge in [-0.3, -0.25) is 0 Å². The molecule has 0 amide bonds. The predicted octanol–water partition coefficient (Wildman–Crippen LogP) is 3.99. The largest absolute Gasteiger partial charge is 0.397 e. The van der Waals surface area contributed by atoms with Crippen molar-refractivity contribution in [2.75, 3.05) is 5.73 Å². The smallest absolute Gasteiger partial charge is 0.248 e. The predicted molar refractivity (Wildman–Crippen MR) is 81.1 cm³/mol. The van der Waals surface area contributed by atoms with Gasteiger partial charge in [-0.1, -0.05) is 12.2 Å². The molecule has 0 unspecified atom stereocenters. The van der Waals surface area contributed by atoms with Crippen LogP contribution in [0.4, 0.5) is 14.5 Å². The van der Waals surface area contributed by atoms with Gasteiger partial charge < -0.3 is 10.3 Å². The third-order valence-electron chi connectivity index (χ3n) is 4.18. The SMILES string of the molecule is Cn1cc(C=CC2CCC(F)(F)CC2)c2cc(N)cnc21. The van der Waals surface area contributed by atoms with Gasteiger partial charge in [0.05, 0.1) is 11.9 Å². The molecule has 112 valence electrons. The van der Waals surface area contributed by atoms with Gasteiger partial charge in [0.2, 0.25) is 5.92 Å². The minimum Gasteiger partial charge on any atom is -0.397 e. The number of alkyl halides is 2. The number of halogens is 2. The fraction of sp³-hybridized carbons (Fsp3) is 0.438. The lowest BCUT2D eigenvalue weighted by Gasteiger charge is -2.26. The summed E-state index contributed by atoms with van der Waals surface area (Å²) in [6, 6.07) is 1.90. The Labute approximate surface area is 122 Å². The number of nitrogen functional groups attached to an aromatic ring is 1. The lowest BCUT2D eigenvalue weighted by Crippen LogP contribution is -2.23. The Bertz CT molecular complexity index is 678. The summed E-state index contributed by atoms with van der Waals surface area (Å²) in [6.07, 6.45) is 8.77. The van der Waals surface area contributed by atoms with E-state index in [1.165, 1.54) is 0 Å². The lowest BCUT2D eigenvalue weighted by atomic mass is 9.86. The van der Waals surface area contributed by atoms with Crippen LogP contribution in [-0.4, -0.2) is 15.5 Å². The second-order valence-electron chi connectivity index (χ2n) is 5.89. The zero-order chi connectivity index (χ0) is 15.0. The van der Waals surface area contributed by atoms with Crippen LogP contribution in [0, 0.1) is 5.92 Å². The third-order valence-corrected chi connectivity index (χ3v) is 4.18. The van der Waals surface area contributed by atoms with Crippen molar-refractivity contribution in [3.05, 3.63) is 30.1 Å². The van der Waals surface area contributed by atoms with Crippen LogP contribution in [0.3, 0.4) is 0 Å².